The monoisotopic (exact) mass is 449 g/mol. The molecule has 0 radical (unpaired) electrons. The van der Waals surface area contributed by atoms with E-state index in [1.54, 1.807) is 18.3 Å². The fourth-order valence-corrected chi connectivity index (χ4v) is 4.16. The molecule has 0 aliphatic carbocycles. The summed E-state index contributed by atoms with van der Waals surface area (Å²) in [6.07, 6.45) is 4.59. The molecule has 33 heavy (non-hydrogen) atoms. The summed E-state index contributed by atoms with van der Waals surface area (Å²) in [7, 11) is 0. The number of amides is 1. The summed E-state index contributed by atoms with van der Waals surface area (Å²) in [4.78, 5) is 32.9. The Morgan fingerprint density at radius 1 is 1.18 bits per heavy atom. The fraction of sp³-hybridized carbons (Fsp3) is 0.391. The van der Waals surface area contributed by atoms with E-state index >= 15 is 0 Å². The fourth-order valence-electron chi connectivity index (χ4n) is 4.16. The number of carbonyl (C=O) groups is 2. The second-order valence-electron chi connectivity index (χ2n) is 8.17. The summed E-state index contributed by atoms with van der Waals surface area (Å²) in [5.74, 6) is 0.199. The number of ether oxygens (including phenoxy) is 1. The zero-order valence-corrected chi connectivity index (χ0v) is 18.4. The Bertz CT molecular complexity index is 1030. The van der Waals surface area contributed by atoms with E-state index < -0.39 is 0 Å². The van der Waals surface area contributed by atoms with Crippen molar-refractivity contribution in [3.63, 3.8) is 0 Å². The molecule has 1 fully saturated rings. The molecular weight excluding hydrogens is 422 g/mol. The first-order chi connectivity index (χ1) is 16.1. The van der Waals surface area contributed by atoms with E-state index in [9.17, 15) is 9.59 Å². The van der Waals surface area contributed by atoms with E-state index in [4.69, 9.17) is 15.7 Å². The molecule has 0 saturated carbocycles. The predicted molar refractivity (Wildman–Crippen MR) is 121 cm³/mol. The van der Waals surface area contributed by atoms with E-state index in [2.05, 4.69) is 21.2 Å². The molecule has 0 atom stereocenters. The van der Waals surface area contributed by atoms with Crippen molar-refractivity contribution in [2.24, 2.45) is 5.22 Å². The number of nitrogens with zero attached hydrogens (tertiary/aromatic N) is 5. The van der Waals surface area contributed by atoms with Crippen LogP contribution < -0.4 is 5.01 Å². The van der Waals surface area contributed by atoms with Crippen LogP contribution in [0.25, 0.3) is 0 Å². The quantitative estimate of drug-likeness (QED) is 0.210. The average Bonchev–Trinajstić information content (AvgIpc) is 3.04. The van der Waals surface area contributed by atoms with Crippen molar-refractivity contribution < 1.29 is 14.3 Å². The van der Waals surface area contributed by atoms with Gasteiger partial charge in [0.1, 0.15) is 12.9 Å². The number of esters is 1. The van der Waals surface area contributed by atoms with Gasteiger partial charge < -0.3 is 14.5 Å². The minimum atomic E-state index is -0.239. The maximum Gasteiger partial charge on any atom is 0.338 e. The van der Waals surface area contributed by atoms with Crippen LogP contribution in [0.4, 0.5) is 5.82 Å². The Labute approximate surface area is 192 Å². The zero-order valence-electron chi connectivity index (χ0n) is 18.4. The number of nitrogens with one attached hydrogen (secondary N) is 2. The van der Waals surface area contributed by atoms with Gasteiger partial charge in [0.15, 0.2) is 5.82 Å². The summed E-state index contributed by atoms with van der Waals surface area (Å²) >= 11 is 0. The van der Waals surface area contributed by atoms with Crippen LogP contribution in [-0.4, -0.2) is 65.7 Å². The van der Waals surface area contributed by atoms with Gasteiger partial charge >= 0.3 is 5.97 Å². The van der Waals surface area contributed by atoms with Crippen molar-refractivity contribution in [2.75, 3.05) is 37.7 Å². The Kier molecular flexibility index (Phi) is 7.04. The van der Waals surface area contributed by atoms with Crippen LogP contribution in [0.3, 0.4) is 0 Å². The molecule has 10 heteroatoms. The second kappa shape index (κ2) is 10.3. The second-order valence-corrected chi connectivity index (χ2v) is 8.17. The number of aromatic nitrogens is 1. The Morgan fingerprint density at radius 3 is 2.79 bits per heavy atom. The largest absolute Gasteiger partial charge is 0.457 e. The highest BCUT2D eigenvalue weighted by atomic mass is 16.5. The lowest BCUT2D eigenvalue weighted by molar-refractivity contribution is -0.130. The SMILES string of the molecule is N=CN(N=N)c1ccc(CC(=O)N2CCCN(CCc3ccc4c(c3)COC4=O)CC2)cn1. The summed E-state index contributed by atoms with van der Waals surface area (Å²) in [6, 6.07) is 9.34. The molecule has 2 aromatic rings. The molecule has 3 heterocycles. The first-order valence-corrected chi connectivity index (χ1v) is 11.0. The van der Waals surface area contributed by atoms with Gasteiger partial charge in [0.25, 0.3) is 0 Å². The lowest BCUT2D eigenvalue weighted by atomic mass is 10.0. The first-order valence-electron chi connectivity index (χ1n) is 11.0. The molecule has 2 N–H and O–H groups in total. The van der Waals surface area contributed by atoms with Gasteiger partial charge in [-0.3, -0.25) is 10.2 Å². The van der Waals surface area contributed by atoms with Crippen molar-refractivity contribution in [3.05, 3.63) is 58.8 Å². The highest BCUT2D eigenvalue weighted by Gasteiger charge is 2.22. The van der Waals surface area contributed by atoms with Gasteiger partial charge in [0.2, 0.25) is 5.91 Å². The highest BCUT2D eigenvalue weighted by Crippen LogP contribution is 2.21. The Hall–Kier alpha value is -3.66. The molecule has 10 nitrogen and oxygen atoms in total. The van der Waals surface area contributed by atoms with Gasteiger partial charge in [-0.1, -0.05) is 23.4 Å². The Morgan fingerprint density at radius 2 is 2.03 bits per heavy atom. The van der Waals surface area contributed by atoms with Crippen molar-refractivity contribution >= 4 is 24.0 Å². The number of rotatable bonds is 8. The van der Waals surface area contributed by atoms with Crippen molar-refractivity contribution in [2.45, 2.75) is 25.9 Å². The van der Waals surface area contributed by atoms with Crippen LogP contribution >= 0.6 is 0 Å². The summed E-state index contributed by atoms with van der Waals surface area (Å²) < 4.78 is 5.08. The minimum Gasteiger partial charge on any atom is -0.457 e. The number of hydrogen-bond donors (Lipinski definition) is 2. The average molecular weight is 450 g/mol. The van der Waals surface area contributed by atoms with Crippen LogP contribution in [0.2, 0.25) is 0 Å². The summed E-state index contributed by atoms with van der Waals surface area (Å²) in [5.41, 5.74) is 10.7. The zero-order chi connectivity index (χ0) is 23.2. The molecule has 1 aromatic carbocycles. The van der Waals surface area contributed by atoms with E-state index in [0.717, 1.165) is 61.5 Å². The molecule has 4 rings (SSSR count). The van der Waals surface area contributed by atoms with E-state index in [0.29, 0.717) is 24.5 Å². The molecule has 0 bridgehead atoms. The van der Waals surface area contributed by atoms with Crippen molar-refractivity contribution in [3.8, 4) is 0 Å². The van der Waals surface area contributed by atoms with Crippen LogP contribution in [0.5, 0.6) is 0 Å². The molecule has 1 aromatic heterocycles. The van der Waals surface area contributed by atoms with E-state index in [-0.39, 0.29) is 18.3 Å². The van der Waals surface area contributed by atoms with Gasteiger partial charge in [-0.25, -0.2) is 9.78 Å². The number of carbonyl (C=O) groups excluding carboxylic acids is 2. The standard InChI is InChI=1S/C23H27N7O3/c24-16-30(27-25)21-5-3-18(14-26-21)13-22(31)29-8-1-7-28(10-11-29)9-6-17-2-4-20-19(12-17)15-33-23(20)32/h2-5,12,14,16,24-25H,1,6-11,13,15H2. The van der Waals surface area contributed by atoms with Crippen LogP contribution in [0.15, 0.2) is 41.8 Å². The van der Waals surface area contributed by atoms with Gasteiger partial charge in [0, 0.05) is 37.9 Å². The molecule has 0 spiro atoms. The maximum absolute atomic E-state index is 12.8. The molecule has 1 amide bonds. The normalized spacial score (nSPS) is 16.0. The van der Waals surface area contributed by atoms with Crippen LogP contribution in [-0.2, 0) is 29.0 Å². The summed E-state index contributed by atoms with van der Waals surface area (Å²) in [5, 5.41) is 11.4. The number of fused-ring (bicyclic) bond motifs is 1. The van der Waals surface area contributed by atoms with Gasteiger partial charge in [-0.2, -0.15) is 10.5 Å². The van der Waals surface area contributed by atoms with Gasteiger partial charge in [-0.15, -0.1) is 0 Å². The Balaban J connectivity index is 1.26. The predicted octanol–water partition coefficient (Wildman–Crippen LogP) is 2.43. The number of benzene rings is 1. The smallest absolute Gasteiger partial charge is 0.338 e. The maximum atomic E-state index is 12.8. The third-order valence-corrected chi connectivity index (χ3v) is 6.04. The molecule has 0 unspecified atom stereocenters. The minimum absolute atomic E-state index is 0.0729. The van der Waals surface area contributed by atoms with E-state index in [1.165, 1.54) is 5.56 Å². The molecule has 2 aliphatic rings. The third kappa shape index (κ3) is 5.40. The lowest BCUT2D eigenvalue weighted by Gasteiger charge is -2.22. The number of pyridine rings is 1. The third-order valence-electron chi connectivity index (χ3n) is 6.04. The number of cyclic esters (lactones) is 1. The topological polar surface area (TPSA) is 126 Å². The van der Waals surface area contributed by atoms with Crippen molar-refractivity contribution in [1.29, 1.82) is 10.9 Å². The first kappa shape index (κ1) is 22.5. The lowest BCUT2D eigenvalue weighted by Crippen LogP contribution is -2.36. The number of anilines is 1. The van der Waals surface area contributed by atoms with Crippen LogP contribution in [0.1, 0.15) is 33.5 Å². The van der Waals surface area contributed by atoms with Crippen molar-refractivity contribution in [1.82, 2.24) is 14.8 Å². The molecule has 172 valence electrons. The van der Waals surface area contributed by atoms with Gasteiger partial charge in [-0.05, 0) is 42.6 Å². The highest BCUT2D eigenvalue weighted by molar-refractivity contribution is 5.93. The van der Waals surface area contributed by atoms with E-state index in [1.807, 2.05) is 17.0 Å². The van der Waals surface area contributed by atoms with Crippen LogP contribution in [0, 0.1) is 10.9 Å². The molecule has 1 saturated heterocycles. The molecule has 2 aliphatic heterocycles. The molecular formula is C23H27N7O3. The summed E-state index contributed by atoms with van der Waals surface area (Å²) in [6.45, 7) is 4.47. The van der Waals surface area contributed by atoms with Gasteiger partial charge in [0.05, 0.1) is 12.0 Å². The number of hydrogen-bond acceptors (Lipinski definition) is 8.